The number of carbonyl (C=O) groups excluding carboxylic acids is 2. The van der Waals surface area contributed by atoms with Crippen LogP contribution in [0.3, 0.4) is 0 Å². The van der Waals surface area contributed by atoms with Crippen molar-refractivity contribution in [1.82, 2.24) is 0 Å². The molecular formula is C11H12O3. The standard InChI is InChI=1S/C11H12O3/c1-8(2)14-10-5-3-4-9(6-10)11(13)7-12/h3-8H,1-2H3. The molecule has 3 nitrogen and oxygen atoms in total. The van der Waals surface area contributed by atoms with Gasteiger partial charge in [0.05, 0.1) is 6.10 Å². The molecule has 0 aliphatic rings. The summed E-state index contributed by atoms with van der Waals surface area (Å²) in [5, 5.41) is 0. The van der Waals surface area contributed by atoms with Crippen LogP contribution in [0.4, 0.5) is 0 Å². The van der Waals surface area contributed by atoms with E-state index in [2.05, 4.69) is 0 Å². The monoisotopic (exact) mass is 192 g/mol. The first-order chi connectivity index (χ1) is 6.63. The molecule has 0 aromatic heterocycles. The minimum atomic E-state index is -0.529. The maximum Gasteiger partial charge on any atom is 0.225 e. The molecule has 0 amide bonds. The fraction of sp³-hybridized carbons (Fsp3) is 0.273. The van der Waals surface area contributed by atoms with Gasteiger partial charge in [-0.25, -0.2) is 0 Å². The SMILES string of the molecule is CC(C)Oc1cccc(C(=O)C=O)c1. The Kier molecular flexibility index (Phi) is 3.40. The fourth-order valence-electron chi connectivity index (χ4n) is 1.06. The van der Waals surface area contributed by atoms with E-state index in [1.165, 1.54) is 0 Å². The Bertz CT molecular complexity index is 342. The molecule has 0 heterocycles. The van der Waals surface area contributed by atoms with Crippen molar-refractivity contribution in [2.24, 2.45) is 0 Å². The minimum absolute atomic E-state index is 0.0524. The van der Waals surface area contributed by atoms with Crippen LogP contribution in [0.15, 0.2) is 24.3 Å². The third-order valence-corrected chi connectivity index (χ3v) is 1.60. The van der Waals surface area contributed by atoms with Gasteiger partial charge in [-0.15, -0.1) is 0 Å². The zero-order valence-corrected chi connectivity index (χ0v) is 8.19. The number of hydrogen-bond acceptors (Lipinski definition) is 3. The van der Waals surface area contributed by atoms with Gasteiger partial charge in [-0.3, -0.25) is 9.59 Å². The lowest BCUT2D eigenvalue weighted by Crippen LogP contribution is -2.06. The molecule has 3 heteroatoms. The molecule has 1 rings (SSSR count). The van der Waals surface area contributed by atoms with Crippen LogP contribution in [0.1, 0.15) is 24.2 Å². The highest BCUT2D eigenvalue weighted by atomic mass is 16.5. The molecule has 0 aliphatic carbocycles. The third kappa shape index (κ3) is 2.69. The Labute approximate surface area is 82.7 Å². The van der Waals surface area contributed by atoms with Gasteiger partial charge >= 0.3 is 0 Å². The van der Waals surface area contributed by atoms with Crippen LogP contribution in [-0.4, -0.2) is 18.2 Å². The molecule has 0 bridgehead atoms. The lowest BCUT2D eigenvalue weighted by atomic mass is 10.1. The summed E-state index contributed by atoms with van der Waals surface area (Å²) < 4.78 is 5.38. The Morgan fingerprint density at radius 1 is 1.43 bits per heavy atom. The van der Waals surface area contributed by atoms with Crippen LogP contribution in [0, 0.1) is 0 Å². The number of rotatable bonds is 4. The molecule has 1 aromatic rings. The molecule has 0 N–H and O–H groups in total. The topological polar surface area (TPSA) is 43.4 Å². The van der Waals surface area contributed by atoms with Crippen molar-refractivity contribution >= 4 is 12.1 Å². The number of ketones is 1. The predicted molar refractivity (Wildman–Crippen MR) is 52.6 cm³/mol. The molecule has 0 unspecified atom stereocenters. The van der Waals surface area contributed by atoms with Crippen LogP contribution in [0.5, 0.6) is 5.75 Å². The zero-order valence-electron chi connectivity index (χ0n) is 8.19. The van der Waals surface area contributed by atoms with E-state index in [0.29, 0.717) is 17.6 Å². The van der Waals surface area contributed by atoms with Gasteiger partial charge in [-0.1, -0.05) is 12.1 Å². The highest BCUT2D eigenvalue weighted by Crippen LogP contribution is 2.14. The van der Waals surface area contributed by atoms with Gasteiger partial charge in [-0.2, -0.15) is 0 Å². The number of aldehydes is 1. The average molecular weight is 192 g/mol. The number of ether oxygens (including phenoxy) is 1. The van der Waals surface area contributed by atoms with E-state index in [1.54, 1.807) is 24.3 Å². The van der Waals surface area contributed by atoms with Gasteiger partial charge in [0.15, 0.2) is 6.29 Å². The van der Waals surface area contributed by atoms with E-state index in [1.807, 2.05) is 13.8 Å². The van der Waals surface area contributed by atoms with Crippen LogP contribution in [0.2, 0.25) is 0 Å². The fourth-order valence-corrected chi connectivity index (χ4v) is 1.06. The number of carbonyl (C=O) groups is 2. The second-order valence-electron chi connectivity index (χ2n) is 3.18. The summed E-state index contributed by atoms with van der Waals surface area (Å²) in [5.74, 6) is 0.0758. The van der Waals surface area contributed by atoms with E-state index in [4.69, 9.17) is 4.74 Å². The highest BCUT2D eigenvalue weighted by molar-refractivity contribution is 6.33. The molecule has 0 atom stereocenters. The summed E-state index contributed by atoms with van der Waals surface area (Å²) in [6.07, 6.45) is 0.352. The largest absolute Gasteiger partial charge is 0.491 e. The van der Waals surface area contributed by atoms with E-state index in [-0.39, 0.29) is 6.10 Å². The highest BCUT2D eigenvalue weighted by Gasteiger charge is 2.05. The first-order valence-corrected chi connectivity index (χ1v) is 4.39. The maximum atomic E-state index is 11.0. The van der Waals surface area contributed by atoms with Gasteiger partial charge in [0.1, 0.15) is 5.75 Å². The van der Waals surface area contributed by atoms with E-state index >= 15 is 0 Å². The van der Waals surface area contributed by atoms with E-state index in [9.17, 15) is 9.59 Å². The van der Waals surface area contributed by atoms with Crippen molar-refractivity contribution in [3.05, 3.63) is 29.8 Å². The first kappa shape index (κ1) is 10.4. The van der Waals surface area contributed by atoms with E-state index in [0.717, 1.165) is 0 Å². The Morgan fingerprint density at radius 2 is 2.14 bits per heavy atom. The molecule has 1 aromatic carbocycles. The lowest BCUT2D eigenvalue weighted by Gasteiger charge is -2.09. The predicted octanol–water partition coefficient (Wildman–Crippen LogP) is 1.86. The van der Waals surface area contributed by atoms with Crippen LogP contribution >= 0.6 is 0 Å². The average Bonchev–Trinajstić information content (AvgIpc) is 2.16. The van der Waals surface area contributed by atoms with Crippen molar-refractivity contribution < 1.29 is 14.3 Å². The summed E-state index contributed by atoms with van der Waals surface area (Å²) in [4.78, 5) is 21.3. The van der Waals surface area contributed by atoms with Gasteiger partial charge < -0.3 is 4.74 Å². The molecule has 0 radical (unpaired) electrons. The zero-order chi connectivity index (χ0) is 10.6. The second-order valence-corrected chi connectivity index (χ2v) is 3.18. The summed E-state index contributed by atoms with van der Waals surface area (Å²) >= 11 is 0. The molecule has 14 heavy (non-hydrogen) atoms. The Morgan fingerprint density at radius 3 is 2.71 bits per heavy atom. The van der Waals surface area contributed by atoms with Gasteiger partial charge in [0, 0.05) is 5.56 Å². The van der Waals surface area contributed by atoms with Crippen LogP contribution < -0.4 is 4.74 Å². The number of hydrogen-bond donors (Lipinski definition) is 0. The van der Waals surface area contributed by atoms with Crippen LogP contribution in [0.25, 0.3) is 0 Å². The summed E-state index contributed by atoms with van der Waals surface area (Å²) in [6.45, 7) is 3.79. The first-order valence-electron chi connectivity index (χ1n) is 4.39. The summed E-state index contributed by atoms with van der Waals surface area (Å²) in [5.41, 5.74) is 0.359. The maximum absolute atomic E-state index is 11.0. The van der Waals surface area contributed by atoms with Crippen molar-refractivity contribution in [2.75, 3.05) is 0 Å². The van der Waals surface area contributed by atoms with Crippen molar-refractivity contribution in [3.63, 3.8) is 0 Å². The van der Waals surface area contributed by atoms with Crippen molar-refractivity contribution in [2.45, 2.75) is 20.0 Å². The normalized spacial score (nSPS) is 9.93. The van der Waals surface area contributed by atoms with E-state index < -0.39 is 5.78 Å². The third-order valence-electron chi connectivity index (χ3n) is 1.60. The van der Waals surface area contributed by atoms with Crippen LogP contribution in [-0.2, 0) is 4.79 Å². The summed E-state index contributed by atoms with van der Waals surface area (Å²) in [6, 6.07) is 6.59. The number of Topliss-reactive ketones (excluding diaryl/α,β-unsaturated/α-hetero) is 1. The van der Waals surface area contributed by atoms with Gasteiger partial charge in [0.2, 0.25) is 5.78 Å². The molecule has 0 spiro atoms. The van der Waals surface area contributed by atoms with Gasteiger partial charge in [0.25, 0.3) is 0 Å². The minimum Gasteiger partial charge on any atom is -0.491 e. The lowest BCUT2D eigenvalue weighted by molar-refractivity contribution is -0.104. The molecule has 0 saturated heterocycles. The Hall–Kier alpha value is -1.64. The molecular weight excluding hydrogens is 180 g/mol. The smallest absolute Gasteiger partial charge is 0.225 e. The van der Waals surface area contributed by atoms with Crippen molar-refractivity contribution in [1.29, 1.82) is 0 Å². The molecule has 0 saturated carbocycles. The molecule has 0 fully saturated rings. The second kappa shape index (κ2) is 4.56. The Balaban J connectivity index is 2.89. The quantitative estimate of drug-likeness (QED) is 0.415. The van der Waals surface area contributed by atoms with Crippen molar-refractivity contribution in [3.8, 4) is 5.75 Å². The summed E-state index contributed by atoms with van der Waals surface area (Å²) in [7, 11) is 0. The molecule has 0 aliphatic heterocycles. The van der Waals surface area contributed by atoms with Gasteiger partial charge in [-0.05, 0) is 26.0 Å². The number of benzene rings is 1. The molecule has 74 valence electrons.